The minimum Gasteiger partial charge on any atom is -0.379 e. The molecule has 2 fully saturated rings. The smallest absolute Gasteiger partial charge is 0.227 e. The van der Waals surface area contributed by atoms with Gasteiger partial charge in [-0.15, -0.1) is 10.2 Å². The van der Waals surface area contributed by atoms with Gasteiger partial charge < -0.3 is 20.3 Å². The molecule has 1 aromatic carbocycles. The van der Waals surface area contributed by atoms with Crippen molar-refractivity contribution in [2.24, 2.45) is 5.92 Å². The fourth-order valence-corrected chi connectivity index (χ4v) is 3.89. The molecule has 3 heterocycles. The fraction of sp³-hybridized carbons (Fsp3) is 0.500. The lowest BCUT2D eigenvalue weighted by Gasteiger charge is -2.31. The number of anilines is 3. The Morgan fingerprint density at radius 1 is 1.00 bits per heavy atom. The fourth-order valence-electron chi connectivity index (χ4n) is 3.89. The van der Waals surface area contributed by atoms with Crippen molar-refractivity contribution in [3.05, 3.63) is 42.5 Å². The summed E-state index contributed by atoms with van der Waals surface area (Å²) in [4.78, 5) is 17.1. The second kappa shape index (κ2) is 10.4. The lowest BCUT2D eigenvalue weighted by atomic mass is 9.96. The average Bonchev–Trinajstić information content (AvgIpc) is 2.81. The van der Waals surface area contributed by atoms with Crippen molar-refractivity contribution in [1.29, 1.82) is 0 Å². The molecule has 160 valence electrons. The summed E-state index contributed by atoms with van der Waals surface area (Å²) in [6.45, 7) is 7.06. The maximum atomic E-state index is 12.5. The standard InChI is InChI=1S/C22H30N6O2/c29-22(24-19-4-2-1-3-5-19)18-8-11-28(12-9-18)21-7-6-20(25-26-21)23-10-13-27-14-16-30-17-15-27/h1-7,18H,8-17H2,(H,23,25)(H,24,29). The third-order valence-corrected chi connectivity index (χ3v) is 5.72. The van der Waals surface area contributed by atoms with E-state index in [4.69, 9.17) is 4.74 Å². The number of aromatic nitrogens is 2. The van der Waals surface area contributed by atoms with E-state index < -0.39 is 0 Å². The molecule has 2 aliphatic heterocycles. The lowest BCUT2D eigenvalue weighted by Crippen LogP contribution is -2.39. The van der Waals surface area contributed by atoms with Gasteiger partial charge in [-0.2, -0.15) is 0 Å². The van der Waals surface area contributed by atoms with Crippen LogP contribution in [0.2, 0.25) is 0 Å². The zero-order chi connectivity index (χ0) is 20.6. The summed E-state index contributed by atoms with van der Waals surface area (Å²) in [6, 6.07) is 13.6. The molecule has 0 saturated carbocycles. The number of carbonyl (C=O) groups is 1. The summed E-state index contributed by atoms with van der Waals surface area (Å²) in [5.41, 5.74) is 0.854. The number of nitrogens with zero attached hydrogens (tertiary/aromatic N) is 4. The number of piperidine rings is 1. The molecule has 0 aliphatic carbocycles. The second-order valence-corrected chi connectivity index (χ2v) is 7.77. The lowest BCUT2D eigenvalue weighted by molar-refractivity contribution is -0.120. The molecule has 0 bridgehead atoms. The van der Waals surface area contributed by atoms with Gasteiger partial charge in [0, 0.05) is 50.9 Å². The molecule has 8 nitrogen and oxygen atoms in total. The minimum absolute atomic E-state index is 0.0375. The first-order chi connectivity index (χ1) is 14.8. The third-order valence-electron chi connectivity index (χ3n) is 5.72. The van der Waals surface area contributed by atoms with Gasteiger partial charge in [-0.05, 0) is 37.1 Å². The summed E-state index contributed by atoms with van der Waals surface area (Å²) in [7, 11) is 0. The van der Waals surface area contributed by atoms with Crippen LogP contribution in [0.5, 0.6) is 0 Å². The summed E-state index contributed by atoms with van der Waals surface area (Å²) in [5.74, 6) is 1.81. The number of ether oxygens (including phenoxy) is 1. The van der Waals surface area contributed by atoms with Gasteiger partial charge >= 0.3 is 0 Å². The van der Waals surface area contributed by atoms with E-state index in [-0.39, 0.29) is 11.8 Å². The molecular formula is C22H30N6O2. The minimum atomic E-state index is 0.0375. The summed E-state index contributed by atoms with van der Waals surface area (Å²) >= 11 is 0. The predicted molar refractivity (Wildman–Crippen MR) is 118 cm³/mol. The van der Waals surface area contributed by atoms with Crippen LogP contribution in [-0.2, 0) is 9.53 Å². The first-order valence-corrected chi connectivity index (χ1v) is 10.8. The molecule has 0 atom stereocenters. The van der Waals surface area contributed by atoms with Crippen LogP contribution in [0.15, 0.2) is 42.5 Å². The molecule has 2 aliphatic rings. The molecule has 2 N–H and O–H groups in total. The number of nitrogens with one attached hydrogen (secondary N) is 2. The highest BCUT2D eigenvalue weighted by Crippen LogP contribution is 2.23. The van der Waals surface area contributed by atoms with Gasteiger partial charge in [0.15, 0.2) is 5.82 Å². The number of morpholine rings is 1. The number of rotatable bonds is 7. The Labute approximate surface area is 177 Å². The van der Waals surface area contributed by atoms with Gasteiger partial charge in [-0.1, -0.05) is 18.2 Å². The highest BCUT2D eigenvalue weighted by Gasteiger charge is 2.25. The van der Waals surface area contributed by atoms with Gasteiger partial charge in [0.1, 0.15) is 5.82 Å². The molecule has 4 rings (SSSR count). The quantitative estimate of drug-likeness (QED) is 0.723. The summed E-state index contributed by atoms with van der Waals surface area (Å²) in [6.07, 6.45) is 1.64. The number of carbonyl (C=O) groups excluding carboxylic acids is 1. The molecule has 1 amide bonds. The van der Waals surface area contributed by atoms with Crippen LogP contribution in [0.4, 0.5) is 17.3 Å². The zero-order valence-electron chi connectivity index (χ0n) is 17.3. The van der Waals surface area contributed by atoms with Crippen molar-refractivity contribution < 1.29 is 9.53 Å². The monoisotopic (exact) mass is 410 g/mol. The Bertz CT molecular complexity index is 787. The summed E-state index contributed by atoms with van der Waals surface area (Å²) in [5, 5.41) is 15.1. The van der Waals surface area contributed by atoms with Crippen molar-refractivity contribution in [1.82, 2.24) is 15.1 Å². The van der Waals surface area contributed by atoms with Crippen molar-refractivity contribution in [3.8, 4) is 0 Å². The van der Waals surface area contributed by atoms with E-state index in [1.807, 2.05) is 42.5 Å². The molecule has 1 aromatic heterocycles. The van der Waals surface area contributed by atoms with E-state index in [0.717, 1.165) is 82.6 Å². The Morgan fingerprint density at radius 2 is 1.77 bits per heavy atom. The van der Waals surface area contributed by atoms with E-state index in [1.54, 1.807) is 0 Å². The van der Waals surface area contributed by atoms with Gasteiger partial charge in [-0.3, -0.25) is 9.69 Å². The number of para-hydroxylation sites is 1. The molecule has 0 unspecified atom stereocenters. The Kier molecular flexibility index (Phi) is 7.10. The highest BCUT2D eigenvalue weighted by molar-refractivity contribution is 5.92. The van der Waals surface area contributed by atoms with Crippen LogP contribution < -0.4 is 15.5 Å². The molecule has 8 heteroatoms. The largest absolute Gasteiger partial charge is 0.379 e. The maximum absolute atomic E-state index is 12.5. The number of hydrogen-bond acceptors (Lipinski definition) is 7. The van der Waals surface area contributed by atoms with Crippen LogP contribution >= 0.6 is 0 Å². The zero-order valence-corrected chi connectivity index (χ0v) is 17.3. The first-order valence-electron chi connectivity index (χ1n) is 10.8. The molecule has 0 spiro atoms. The van der Waals surface area contributed by atoms with Crippen LogP contribution in [0.3, 0.4) is 0 Å². The predicted octanol–water partition coefficient (Wildman–Crippen LogP) is 2.08. The topological polar surface area (TPSA) is 82.6 Å². The molecule has 2 saturated heterocycles. The Balaban J connectivity index is 1.20. The van der Waals surface area contributed by atoms with E-state index >= 15 is 0 Å². The average molecular weight is 411 g/mol. The summed E-state index contributed by atoms with van der Waals surface area (Å²) < 4.78 is 5.37. The van der Waals surface area contributed by atoms with Crippen LogP contribution in [0, 0.1) is 5.92 Å². The number of benzene rings is 1. The second-order valence-electron chi connectivity index (χ2n) is 7.77. The Hall–Kier alpha value is -2.71. The van der Waals surface area contributed by atoms with Gasteiger partial charge in [0.25, 0.3) is 0 Å². The van der Waals surface area contributed by atoms with E-state index in [1.165, 1.54) is 0 Å². The molecule has 30 heavy (non-hydrogen) atoms. The van der Waals surface area contributed by atoms with Crippen molar-refractivity contribution in [3.63, 3.8) is 0 Å². The SMILES string of the molecule is O=C(Nc1ccccc1)C1CCN(c2ccc(NCCN3CCOCC3)nn2)CC1. The molecular weight excluding hydrogens is 380 g/mol. The van der Waals surface area contributed by atoms with E-state index in [0.29, 0.717) is 0 Å². The van der Waals surface area contributed by atoms with Gasteiger partial charge in [-0.25, -0.2) is 0 Å². The van der Waals surface area contributed by atoms with Crippen molar-refractivity contribution >= 4 is 23.2 Å². The number of hydrogen-bond donors (Lipinski definition) is 2. The molecule has 2 aromatic rings. The first kappa shape index (κ1) is 20.6. The van der Waals surface area contributed by atoms with Crippen LogP contribution in [0.1, 0.15) is 12.8 Å². The Morgan fingerprint density at radius 3 is 2.47 bits per heavy atom. The van der Waals surface area contributed by atoms with Gasteiger partial charge in [0.2, 0.25) is 5.91 Å². The van der Waals surface area contributed by atoms with Crippen molar-refractivity contribution in [2.45, 2.75) is 12.8 Å². The highest BCUT2D eigenvalue weighted by atomic mass is 16.5. The van der Waals surface area contributed by atoms with Crippen molar-refractivity contribution in [2.75, 3.05) is 68.0 Å². The van der Waals surface area contributed by atoms with E-state index in [2.05, 4.69) is 30.6 Å². The van der Waals surface area contributed by atoms with Crippen LogP contribution in [0.25, 0.3) is 0 Å². The maximum Gasteiger partial charge on any atom is 0.227 e. The van der Waals surface area contributed by atoms with Crippen LogP contribution in [-0.4, -0.2) is 73.5 Å². The van der Waals surface area contributed by atoms with Gasteiger partial charge in [0.05, 0.1) is 13.2 Å². The third kappa shape index (κ3) is 5.67. The number of amides is 1. The normalized spacial score (nSPS) is 18.2. The van der Waals surface area contributed by atoms with E-state index in [9.17, 15) is 4.79 Å². The molecule has 0 radical (unpaired) electrons.